The molecule has 8 heteroatoms. The molecule has 1 aromatic heterocycles. The Labute approximate surface area is 117 Å². The predicted molar refractivity (Wildman–Crippen MR) is 71.4 cm³/mol. The van der Waals surface area contributed by atoms with Crippen molar-refractivity contribution in [3.05, 3.63) is 34.9 Å². The van der Waals surface area contributed by atoms with Gasteiger partial charge >= 0.3 is 6.18 Å². The molecule has 2 rings (SSSR count). The van der Waals surface area contributed by atoms with Gasteiger partial charge in [0.2, 0.25) is 5.95 Å². The molecule has 0 radical (unpaired) electrons. The van der Waals surface area contributed by atoms with E-state index in [0.29, 0.717) is 5.82 Å². The number of nitrogens with zero attached hydrogens (tertiary/aromatic N) is 2. The Morgan fingerprint density at radius 3 is 2.55 bits per heavy atom. The van der Waals surface area contributed by atoms with Crippen LogP contribution in [0.15, 0.2) is 24.3 Å². The van der Waals surface area contributed by atoms with Crippen molar-refractivity contribution in [1.82, 2.24) is 9.97 Å². The Balaban J connectivity index is 2.62. The Hall–Kier alpha value is -2.02. The number of halogens is 4. The normalized spacial score (nSPS) is 11.4. The molecule has 20 heavy (non-hydrogen) atoms. The summed E-state index contributed by atoms with van der Waals surface area (Å²) < 4.78 is 38.4. The van der Waals surface area contributed by atoms with Crippen molar-refractivity contribution in [3.63, 3.8) is 0 Å². The fraction of sp³-hybridized carbons (Fsp3) is 0.167. The number of aromatic nitrogens is 2. The van der Waals surface area contributed by atoms with Crippen LogP contribution in [-0.4, -0.2) is 17.0 Å². The van der Waals surface area contributed by atoms with Gasteiger partial charge in [0.05, 0.1) is 16.3 Å². The van der Waals surface area contributed by atoms with E-state index in [1.54, 1.807) is 7.05 Å². The SMILES string of the molecule is CNc1cc(-c2cccc(C(F)(F)F)c2Cl)nc(N)n1. The number of anilines is 2. The molecule has 1 heterocycles. The molecule has 0 amide bonds. The third-order valence-corrected chi connectivity index (χ3v) is 2.99. The van der Waals surface area contributed by atoms with Crippen molar-refractivity contribution in [2.24, 2.45) is 0 Å². The molecule has 0 aliphatic rings. The predicted octanol–water partition coefficient (Wildman–Crippen LogP) is 3.44. The molecule has 0 aliphatic carbocycles. The van der Waals surface area contributed by atoms with Gasteiger partial charge in [-0.3, -0.25) is 0 Å². The molecular weight excluding hydrogens is 293 g/mol. The highest BCUT2D eigenvalue weighted by atomic mass is 35.5. The van der Waals surface area contributed by atoms with Crippen molar-refractivity contribution in [1.29, 1.82) is 0 Å². The smallest absolute Gasteiger partial charge is 0.373 e. The van der Waals surface area contributed by atoms with E-state index in [4.69, 9.17) is 17.3 Å². The van der Waals surface area contributed by atoms with Crippen LogP contribution in [0.25, 0.3) is 11.3 Å². The number of nitrogens with two attached hydrogens (primary N) is 1. The summed E-state index contributed by atoms with van der Waals surface area (Å²) in [5.41, 5.74) is 4.97. The van der Waals surface area contributed by atoms with Gasteiger partial charge in [0, 0.05) is 18.7 Å². The van der Waals surface area contributed by atoms with Crippen LogP contribution < -0.4 is 11.1 Å². The molecule has 0 bridgehead atoms. The summed E-state index contributed by atoms with van der Waals surface area (Å²) in [5, 5.41) is 2.33. The van der Waals surface area contributed by atoms with E-state index in [-0.39, 0.29) is 17.2 Å². The fourth-order valence-electron chi connectivity index (χ4n) is 1.68. The molecule has 0 unspecified atom stereocenters. The zero-order valence-corrected chi connectivity index (χ0v) is 11.0. The molecule has 0 spiro atoms. The highest BCUT2D eigenvalue weighted by molar-refractivity contribution is 6.34. The first kappa shape index (κ1) is 14.4. The van der Waals surface area contributed by atoms with Gasteiger partial charge in [-0.15, -0.1) is 0 Å². The van der Waals surface area contributed by atoms with Crippen molar-refractivity contribution >= 4 is 23.4 Å². The monoisotopic (exact) mass is 302 g/mol. The van der Waals surface area contributed by atoms with E-state index in [9.17, 15) is 13.2 Å². The summed E-state index contributed by atoms with van der Waals surface area (Å²) in [6.45, 7) is 0. The molecule has 4 nitrogen and oxygen atoms in total. The highest BCUT2D eigenvalue weighted by Gasteiger charge is 2.34. The first-order chi connectivity index (χ1) is 9.32. The van der Waals surface area contributed by atoms with E-state index in [1.165, 1.54) is 18.2 Å². The lowest BCUT2D eigenvalue weighted by Crippen LogP contribution is -2.07. The molecular formula is C12H10ClF3N4. The summed E-state index contributed by atoms with van der Waals surface area (Å²) in [5.74, 6) is 0.335. The molecule has 0 saturated heterocycles. The molecule has 1 aromatic carbocycles. The van der Waals surface area contributed by atoms with Gasteiger partial charge in [0.25, 0.3) is 0 Å². The summed E-state index contributed by atoms with van der Waals surface area (Å²) in [6.07, 6.45) is -4.53. The molecule has 106 valence electrons. The minimum Gasteiger partial charge on any atom is -0.373 e. The average molecular weight is 303 g/mol. The van der Waals surface area contributed by atoms with Crippen molar-refractivity contribution < 1.29 is 13.2 Å². The van der Waals surface area contributed by atoms with Crippen LogP contribution in [0.1, 0.15) is 5.56 Å². The fourth-order valence-corrected chi connectivity index (χ4v) is 2.01. The maximum atomic E-state index is 12.8. The standard InChI is InChI=1S/C12H10ClF3N4/c1-18-9-5-8(19-11(17)20-9)6-3-2-4-7(10(6)13)12(14,15)16/h2-5H,1H3,(H3,17,18,19,20). The second kappa shape index (κ2) is 5.16. The molecule has 3 N–H and O–H groups in total. The summed E-state index contributed by atoms with van der Waals surface area (Å²) in [6, 6.07) is 5.09. The first-order valence-electron chi connectivity index (χ1n) is 5.51. The van der Waals surface area contributed by atoms with Crippen LogP contribution in [0.2, 0.25) is 5.02 Å². The van der Waals surface area contributed by atoms with Gasteiger partial charge in [-0.2, -0.15) is 18.2 Å². The Morgan fingerprint density at radius 2 is 1.95 bits per heavy atom. The lowest BCUT2D eigenvalue weighted by molar-refractivity contribution is -0.137. The van der Waals surface area contributed by atoms with Crippen LogP contribution >= 0.6 is 11.6 Å². The van der Waals surface area contributed by atoms with Crippen LogP contribution in [0.4, 0.5) is 24.9 Å². The summed E-state index contributed by atoms with van der Waals surface area (Å²) >= 11 is 5.83. The van der Waals surface area contributed by atoms with Crippen molar-refractivity contribution in [3.8, 4) is 11.3 Å². The number of hydrogen-bond donors (Lipinski definition) is 2. The van der Waals surface area contributed by atoms with Gasteiger partial charge in [0.1, 0.15) is 5.82 Å². The van der Waals surface area contributed by atoms with Gasteiger partial charge in [-0.1, -0.05) is 23.7 Å². The third-order valence-electron chi connectivity index (χ3n) is 2.58. The van der Waals surface area contributed by atoms with Crippen LogP contribution in [0.3, 0.4) is 0 Å². The Kier molecular flexibility index (Phi) is 3.71. The largest absolute Gasteiger partial charge is 0.417 e. The quantitative estimate of drug-likeness (QED) is 0.892. The number of nitrogen functional groups attached to an aromatic ring is 1. The zero-order chi connectivity index (χ0) is 14.9. The topological polar surface area (TPSA) is 63.8 Å². The maximum absolute atomic E-state index is 12.8. The van der Waals surface area contributed by atoms with Gasteiger partial charge < -0.3 is 11.1 Å². The van der Waals surface area contributed by atoms with E-state index in [2.05, 4.69) is 15.3 Å². The lowest BCUT2D eigenvalue weighted by atomic mass is 10.1. The summed E-state index contributed by atoms with van der Waals surface area (Å²) in [4.78, 5) is 7.78. The zero-order valence-electron chi connectivity index (χ0n) is 10.3. The highest BCUT2D eigenvalue weighted by Crippen LogP contribution is 2.39. The van der Waals surface area contributed by atoms with Crippen LogP contribution in [0, 0.1) is 0 Å². The van der Waals surface area contributed by atoms with Crippen LogP contribution in [0.5, 0.6) is 0 Å². The molecule has 0 saturated carbocycles. The summed E-state index contributed by atoms with van der Waals surface area (Å²) in [7, 11) is 1.61. The Bertz CT molecular complexity index is 643. The van der Waals surface area contributed by atoms with Crippen LogP contribution in [-0.2, 0) is 6.18 Å². The van der Waals surface area contributed by atoms with E-state index in [0.717, 1.165) is 6.07 Å². The average Bonchev–Trinajstić information content (AvgIpc) is 2.36. The van der Waals surface area contributed by atoms with E-state index >= 15 is 0 Å². The number of benzene rings is 1. The Morgan fingerprint density at radius 1 is 1.25 bits per heavy atom. The third kappa shape index (κ3) is 2.77. The van der Waals surface area contributed by atoms with Gasteiger partial charge in [-0.05, 0) is 6.07 Å². The number of hydrogen-bond acceptors (Lipinski definition) is 4. The molecule has 0 atom stereocenters. The minimum absolute atomic E-state index is 0.0553. The maximum Gasteiger partial charge on any atom is 0.417 e. The second-order valence-corrected chi connectivity index (χ2v) is 4.29. The lowest BCUT2D eigenvalue weighted by Gasteiger charge is -2.12. The minimum atomic E-state index is -4.53. The number of nitrogens with one attached hydrogen (secondary N) is 1. The first-order valence-corrected chi connectivity index (χ1v) is 5.89. The second-order valence-electron chi connectivity index (χ2n) is 3.91. The van der Waals surface area contributed by atoms with E-state index < -0.39 is 16.8 Å². The van der Waals surface area contributed by atoms with Gasteiger partial charge in [-0.25, -0.2) is 4.98 Å². The molecule has 0 aliphatic heterocycles. The van der Waals surface area contributed by atoms with Gasteiger partial charge in [0.15, 0.2) is 0 Å². The molecule has 2 aromatic rings. The van der Waals surface area contributed by atoms with E-state index in [1.807, 2.05) is 0 Å². The molecule has 0 fully saturated rings. The number of alkyl halides is 3. The number of rotatable bonds is 2. The van der Waals surface area contributed by atoms with Crippen molar-refractivity contribution in [2.45, 2.75) is 6.18 Å². The van der Waals surface area contributed by atoms with Crippen molar-refractivity contribution in [2.75, 3.05) is 18.1 Å².